The lowest BCUT2D eigenvalue weighted by atomic mass is 10.3. The van der Waals surface area contributed by atoms with Crippen LogP contribution in [0.4, 0.5) is 0 Å². The molecule has 0 spiro atoms. The summed E-state index contributed by atoms with van der Waals surface area (Å²) < 4.78 is 21.1. The molecule has 0 heterocycles. The van der Waals surface area contributed by atoms with Gasteiger partial charge in [0, 0.05) is 0 Å². The molecule has 0 N–H and O–H groups in total. The zero-order chi connectivity index (χ0) is 8.55. The van der Waals surface area contributed by atoms with Crippen molar-refractivity contribution in [3.05, 3.63) is 34.7 Å². The highest BCUT2D eigenvalue weighted by atomic mass is 32.2. The average Bonchev–Trinajstić information content (AvgIpc) is 2.46. The van der Waals surface area contributed by atoms with Gasteiger partial charge in [-0.05, 0) is 22.6 Å². The molecule has 12 heavy (non-hydrogen) atoms. The van der Waals surface area contributed by atoms with E-state index in [0.29, 0.717) is 4.86 Å². The van der Waals surface area contributed by atoms with Crippen LogP contribution in [0.15, 0.2) is 24.3 Å². The number of rotatable bonds is 0. The van der Waals surface area contributed by atoms with Gasteiger partial charge in [0.05, 0.1) is 4.86 Å². The zero-order valence-corrected chi connectivity index (χ0v) is 7.01. The van der Waals surface area contributed by atoms with Crippen molar-refractivity contribution in [2.45, 2.75) is 0 Å². The third-order valence-corrected chi connectivity index (χ3v) is 2.40. The Morgan fingerprint density at radius 2 is 1.42 bits per heavy atom. The lowest BCUT2D eigenvalue weighted by Crippen LogP contribution is -2.19. The summed E-state index contributed by atoms with van der Waals surface area (Å²) in [6, 6.07) is 7.57. The number of fused-ring (bicyclic) bond motifs is 1. The van der Waals surface area contributed by atoms with Gasteiger partial charge in [0.15, 0.2) is 0 Å². The molecular weight excluding hydrogens is 172 g/mol. The molecule has 0 saturated heterocycles. The van der Waals surface area contributed by atoms with Crippen molar-refractivity contribution >= 4 is 27.3 Å². The van der Waals surface area contributed by atoms with Crippen LogP contribution in [0.1, 0.15) is 0 Å². The molecule has 0 unspecified atom stereocenters. The second-order valence-electron chi connectivity index (χ2n) is 2.55. The minimum Gasteiger partial charge on any atom is -0.184 e. The monoisotopic (exact) mass is 178 g/mol. The molecule has 1 aliphatic rings. The van der Waals surface area contributed by atoms with Crippen LogP contribution in [0.2, 0.25) is 0 Å². The Bertz CT molecular complexity index is 520. The van der Waals surface area contributed by atoms with E-state index in [2.05, 4.69) is 0 Å². The first-order chi connectivity index (χ1) is 5.77. The number of hydrogen-bond acceptors (Lipinski definition) is 2. The summed E-state index contributed by atoms with van der Waals surface area (Å²) in [5.74, 6) is 0. The van der Waals surface area contributed by atoms with Gasteiger partial charge in [-0.2, -0.15) is 8.42 Å². The molecule has 2 nitrogen and oxygen atoms in total. The van der Waals surface area contributed by atoms with Crippen molar-refractivity contribution in [2.75, 3.05) is 0 Å². The first-order valence-electron chi connectivity index (χ1n) is 3.52. The molecule has 0 aliphatic heterocycles. The number of benzene rings is 1. The third-order valence-electron chi connectivity index (χ3n) is 1.78. The predicted octanol–water partition coefficient (Wildman–Crippen LogP) is -0.687. The summed E-state index contributed by atoms with van der Waals surface area (Å²) in [5.41, 5.74) is 0. The molecule has 0 atom stereocenters. The molecule has 0 bridgehead atoms. The molecular formula is C9H6O2S. The molecule has 2 rings (SSSR count). The van der Waals surface area contributed by atoms with E-state index >= 15 is 0 Å². The zero-order valence-electron chi connectivity index (χ0n) is 6.19. The summed E-state index contributed by atoms with van der Waals surface area (Å²) in [6.45, 7) is 0. The molecule has 0 amide bonds. The Hall–Kier alpha value is -1.35. The van der Waals surface area contributed by atoms with Crippen LogP contribution in [-0.2, 0) is 10.3 Å². The average molecular weight is 178 g/mol. The Balaban J connectivity index is 2.95. The van der Waals surface area contributed by atoms with Crippen molar-refractivity contribution in [1.82, 2.24) is 0 Å². The minimum atomic E-state index is -2.11. The van der Waals surface area contributed by atoms with Crippen molar-refractivity contribution in [1.29, 1.82) is 0 Å². The van der Waals surface area contributed by atoms with E-state index < -0.39 is 10.3 Å². The molecule has 0 radical (unpaired) electrons. The van der Waals surface area contributed by atoms with Gasteiger partial charge in [-0.1, -0.05) is 24.3 Å². The van der Waals surface area contributed by atoms with E-state index in [1.165, 1.54) is 0 Å². The summed E-state index contributed by atoms with van der Waals surface area (Å²) in [7, 11) is -2.11. The van der Waals surface area contributed by atoms with Crippen LogP contribution >= 0.6 is 0 Å². The smallest absolute Gasteiger partial charge is 0.184 e. The highest BCUT2D eigenvalue weighted by molar-refractivity contribution is 7.74. The van der Waals surface area contributed by atoms with E-state index in [1.807, 2.05) is 24.3 Å². The van der Waals surface area contributed by atoms with Gasteiger partial charge in [0.25, 0.3) is 0 Å². The van der Waals surface area contributed by atoms with Crippen molar-refractivity contribution < 1.29 is 8.42 Å². The van der Waals surface area contributed by atoms with Crippen LogP contribution in [-0.4, -0.2) is 13.3 Å². The van der Waals surface area contributed by atoms with Crippen molar-refractivity contribution in [2.24, 2.45) is 0 Å². The van der Waals surface area contributed by atoms with Gasteiger partial charge in [-0.25, -0.2) is 0 Å². The van der Waals surface area contributed by atoms with Gasteiger partial charge in [0.2, 0.25) is 10.3 Å². The highest BCUT2D eigenvalue weighted by Gasteiger charge is 1.99. The van der Waals surface area contributed by atoms with Gasteiger partial charge in [0.1, 0.15) is 0 Å². The van der Waals surface area contributed by atoms with Crippen molar-refractivity contribution in [3.8, 4) is 0 Å². The Morgan fingerprint density at radius 1 is 0.917 bits per heavy atom. The second kappa shape index (κ2) is 2.60. The minimum absolute atomic E-state index is 0.358. The molecule has 3 heteroatoms. The topological polar surface area (TPSA) is 34.1 Å². The van der Waals surface area contributed by atoms with Crippen LogP contribution in [0.3, 0.4) is 0 Å². The summed E-state index contributed by atoms with van der Waals surface area (Å²) >= 11 is 0. The van der Waals surface area contributed by atoms with E-state index in [9.17, 15) is 8.42 Å². The summed E-state index contributed by atoms with van der Waals surface area (Å²) in [4.78, 5) is 0.358. The van der Waals surface area contributed by atoms with E-state index in [1.54, 1.807) is 12.2 Å². The van der Waals surface area contributed by atoms with E-state index in [-0.39, 0.29) is 0 Å². The van der Waals surface area contributed by atoms with Crippen LogP contribution < -0.4 is 10.4 Å². The maximum Gasteiger partial charge on any atom is 0.221 e. The van der Waals surface area contributed by atoms with Gasteiger partial charge in [-0.3, -0.25) is 0 Å². The Morgan fingerprint density at radius 3 is 1.83 bits per heavy atom. The normalized spacial score (nSPS) is 13.2. The SMILES string of the molecule is O=S(=O)=C1C=c2ccccc2=C1. The standard InChI is InChI=1S/C9H6O2S/c10-12(11)9-5-7-3-1-2-4-8(7)6-9/h1-6H. The lowest BCUT2D eigenvalue weighted by Gasteiger charge is -1.79. The fraction of sp³-hybridized carbons (Fsp3) is 0. The molecule has 1 aliphatic carbocycles. The van der Waals surface area contributed by atoms with E-state index in [4.69, 9.17) is 0 Å². The molecule has 1 aromatic rings. The maximum atomic E-state index is 10.6. The molecule has 1 aromatic carbocycles. The molecule has 0 aromatic heterocycles. The quantitative estimate of drug-likeness (QED) is 0.493. The fourth-order valence-electron chi connectivity index (χ4n) is 1.22. The van der Waals surface area contributed by atoms with Gasteiger partial charge >= 0.3 is 0 Å². The Kier molecular flexibility index (Phi) is 1.59. The lowest BCUT2D eigenvalue weighted by molar-refractivity contribution is 0.627. The molecule has 0 saturated carbocycles. The summed E-state index contributed by atoms with van der Waals surface area (Å²) in [5, 5.41) is 1.94. The van der Waals surface area contributed by atoms with E-state index in [0.717, 1.165) is 10.4 Å². The molecule has 0 fully saturated rings. The van der Waals surface area contributed by atoms with Gasteiger partial charge in [-0.15, -0.1) is 0 Å². The molecule has 60 valence electrons. The Labute approximate surface area is 71.0 Å². The van der Waals surface area contributed by atoms with Crippen LogP contribution in [0.5, 0.6) is 0 Å². The second-order valence-corrected chi connectivity index (χ2v) is 3.50. The maximum absolute atomic E-state index is 10.6. The van der Waals surface area contributed by atoms with Crippen molar-refractivity contribution in [3.63, 3.8) is 0 Å². The van der Waals surface area contributed by atoms with Crippen LogP contribution in [0, 0.1) is 0 Å². The van der Waals surface area contributed by atoms with Gasteiger partial charge < -0.3 is 0 Å². The largest absolute Gasteiger partial charge is 0.221 e. The number of hydrogen-bond donors (Lipinski definition) is 0. The summed E-state index contributed by atoms with van der Waals surface area (Å²) in [6.07, 6.45) is 3.33. The van der Waals surface area contributed by atoms with Crippen LogP contribution in [0.25, 0.3) is 12.2 Å². The predicted molar refractivity (Wildman–Crippen MR) is 48.5 cm³/mol. The first kappa shape index (κ1) is 7.31. The highest BCUT2D eigenvalue weighted by Crippen LogP contribution is 1.85. The fourth-order valence-corrected chi connectivity index (χ4v) is 1.66. The first-order valence-corrected chi connectivity index (χ1v) is 4.59. The third kappa shape index (κ3) is 1.08.